The number of hydrogen-bond donors (Lipinski definition) is 2. The van der Waals surface area contributed by atoms with E-state index in [4.69, 9.17) is 0 Å². The summed E-state index contributed by atoms with van der Waals surface area (Å²) in [5.74, 6) is -1.02. The van der Waals surface area contributed by atoms with Crippen LogP contribution in [0, 0.1) is 6.92 Å². The lowest BCUT2D eigenvalue weighted by atomic mass is 9.93. The fourth-order valence-electron chi connectivity index (χ4n) is 4.82. The number of amides is 1. The van der Waals surface area contributed by atoms with E-state index in [1.807, 2.05) is 49.4 Å². The number of rotatable bonds is 6. The van der Waals surface area contributed by atoms with Crippen molar-refractivity contribution in [1.82, 2.24) is 10.2 Å². The molecule has 1 heterocycles. The summed E-state index contributed by atoms with van der Waals surface area (Å²) in [6.07, 6.45) is 1.68. The Kier molecular flexibility index (Phi) is 5.13. The second kappa shape index (κ2) is 7.89. The van der Waals surface area contributed by atoms with E-state index in [0.717, 1.165) is 48.1 Å². The number of nitrogens with one attached hydrogen (secondary N) is 1. The van der Waals surface area contributed by atoms with E-state index in [1.54, 1.807) is 6.07 Å². The number of carbonyl (C=O) groups excluding carboxylic acids is 1. The monoisotopic (exact) mass is 443 g/mol. The van der Waals surface area contributed by atoms with E-state index < -0.39 is 11.5 Å². The van der Waals surface area contributed by atoms with E-state index in [9.17, 15) is 14.7 Å². The van der Waals surface area contributed by atoms with E-state index in [1.165, 1.54) is 0 Å². The van der Waals surface area contributed by atoms with Gasteiger partial charge in [0, 0.05) is 30.4 Å². The Hall–Kier alpha value is -3.38. The number of aryl methyl sites for hydroxylation is 1. The van der Waals surface area contributed by atoms with Gasteiger partial charge in [0.1, 0.15) is 0 Å². The average Bonchev–Trinajstić information content (AvgIpc) is 3.52. The van der Waals surface area contributed by atoms with Crippen LogP contribution >= 0.6 is 0 Å². The number of anilines is 1. The van der Waals surface area contributed by atoms with Gasteiger partial charge in [0.05, 0.1) is 11.1 Å². The van der Waals surface area contributed by atoms with Crippen molar-refractivity contribution in [3.63, 3.8) is 0 Å². The molecule has 0 spiro atoms. The molecule has 0 atom stereocenters. The van der Waals surface area contributed by atoms with Crippen molar-refractivity contribution in [2.45, 2.75) is 31.3 Å². The molecular weight excluding hydrogens is 414 g/mol. The predicted octanol–water partition coefficient (Wildman–Crippen LogP) is 4.02. The molecule has 0 aromatic heterocycles. The van der Waals surface area contributed by atoms with E-state index in [2.05, 4.69) is 35.3 Å². The minimum atomic E-state index is -0.943. The van der Waals surface area contributed by atoms with Crippen molar-refractivity contribution >= 4 is 28.3 Å². The number of carbonyl (C=O) groups is 2. The SMILES string of the molecule is Cc1ccc(N2CC(N(C)C)C2)cc1C(=O)NC1(c2ccc(C(=O)O)c3ccccc23)CC1. The molecule has 2 aliphatic rings. The van der Waals surface area contributed by atoms with Gasteiger partial charge in [0.2, 0.25) is 0 Å². The maximum atomic E-state index is 13.4. The quantitative estimate of drug-likeness (QED) is 0.602. The molecule has 170 valence electrons. The van der Waals surface area contributed by atoms with Gasteiger partial charge in [0.15, 0.2) is 0 Å². The lowest BCUT2D eigenvalue weighted by Gasteiger charge is -2.44. The van der Waals surface area contributed by atoms with Gasteiger partial charge >= 0.3 is 5.97 Å². The van der Waals surface area contributed by atoms with Gasteiger partial charge in [0.25, 0.3) is 5.91 Å². The van der Waals surface area contributed by atoms with Crippen molar-refractivity contribution in [2.75, 3.05) is 32.1 Å². The summed E-state index contributed by atoms with van der Waals surface area (Å²) in [6.45, 7) is 3.89. The second-order valence-corrected chi connectivity index (χ2v) is 9.57. The molecule has 1 amide bonds. The first-order valence-electron chi connectivity index (χ1n) is 11.4. The molecule has 0 bridgehead atoms. The van der Waals surface area contributed by atoms with Crippen LogP contribution in [-0.2, 0) is 5.54 Å². The number of carboxylic acids is 1. The smallest absolute Gasteiger partial charge is 0.336 e. The Morgan fingerprint density at radius 2 is 1.70 bits per heavy atom. The average molecular weight is 444 g/mol. The Labute approximate surface area is 193 Å². The van der Waals surface area contributed by atoms with Crippen LogP contribution in [0.1, 0.15) is 44.7 Å². The minimum absolute atomic E-state index is 0.0806. The molecule has 0 unspecified atom stereocenters. The predicted molar refractivity (Wildman–Crippen MR) is 130 cm³/mol. The highest BCUT2D eigenvalue weighted by atomic mass is 16.4. The molecule has 1 saturated heterocycles. The highest BCUT2D eigenvalue weighted by Crippen LogP contribution is 2.48. The van der Waals surface area contributed by atoms with E-state index in [0.29, 0.717) is 17.0 Å². The molecule has 0 radical (unpaired) electrons. The largest absolute Gasteiger partial charge is 0.478 e. The highest BCUT2D eigenvalue weighted by molar-refractivity contribution is 6.05. The molecule has 33 heavy (non-hydrogen) atoms. The topological polar surface area (TPSA) is 72.9 Å². The molecule has 5 rings (SSSR count). The fraction of sp³-hybridized carbons (Fsp3) is 0.333. The van der Waals surface area contributed by atoms with Crippen LogP contribution in [0.25, 0.3) is 10.8 Å². The first kappa shape index (κ1) is 21.5. The van der Waals surface area contributed by atoms with Gasteiger partial charge in [-0.2, -0.15) is 0 Å². The fourth-order valence-corrected chi connectivity index (χ4v) is 4.82. The number of likely N-dealkylation sites (N-methyl/N-ethyl adjacent to an activating group) is 1. The van der Waals surface area contributed by atoms with Crippen molar-refractivity contribution < 1.29 is 14.7 Å². The molecular formula is C27H29N3O3. The van der Waals surface area contributed by atoms with Crippen molar-refractivity contribution in [3.05, 3.63) is 76.9 Å². The van der Waals surface area contributed by atoms with Gasteiger partial charge < -0.3 is 20.2 Å². The van der Waals surface area contributed by atoms with Crippen molar-refractivity contribution in [3.8, 4) is 0 Å². The molecule has 6 heteroatoms. The van der Waals surface area contributed by atoms with Gasteiger partial charge in [-0.15, -0.1) is 0 Å². The van der Waals surface area contributed by atoms with Gasteiger partial charge in [-0.1, -0.05) is 36.4 Å². The van der Waals surface area contributed by atoms with Crippen LogP contribution < -0.4 is 10.2 Å². The maximum absolute atomic E-state index is 13.4. The van der Waals surface area contributed by atoms with Crippen LogP contribution in [-0.4, -0.2) is 55.1 Å². The number of hydrogen-bond acceptors (Lipinski definition) is 4. The Morgan fingerprint density at radius 3 is 2.33 bits per heavy atom. The first-order chi connectivity index (χ1) is 15.8. The second-order valence-electron chi connectivity index (χ2n) is 9.57. The summed E-state index contributed by atoms with van der Waals surface area (Å²) in [5, 5.41) is 14.5. The Bertz CT molecular complexity index is 1260. The third kappa shape index (κ3) is 3.74. The Balaban J connectivity index is 1.43. The summed E-state index contributed by atoms with van der Waals surface area (Å²) in [6, 6.07) is 17.7. The number of fused-ring (bicyclic) bond motifs is 1. The molecule has 3 aromatic rings. The van der Waals surface area contributed by atoms with Crippen molar-refractivity contribution in [2.24, 2.45) is 0 Å². The van der Waals surface area contributed by atoms with Gasteiger partial charge in [-0.3, -0.25) is 4.79 Å². The number of benzene rings is 3. The zero-order valence-electron chi connectivity index (χ0n) is 19.3. The summed E-state index contributed by atoms with van der Waals surface area (Å²) in [5.41, 5.74) is 3.53. The summed E-state index contributed by atoms with van der Waals surface area (Å²) in [7, 11) is 4.19. The minimum Gasteiger partial charge on any atom is -0.478 e. The zero-order chi connectivity index (χ0) is 23.3. The zero-order valence-corrected chi connectivity index (χ0v) is 19.3. The number of aromatic carboxylic acids is 1. The number of carboxylic acid groups (broad SMARTS) is 1. The normalized spacial score (nSPS) is 17.2. The molecule has 2 N–H and O–H groups in total. The summed E-state index contributed by atoms with van der Waals surface area (Å²) >= 11 is 0. The van der Waals surface area contributed by atoms with Gasteiger partial charge in [-0.05, 0) is 74.0 Å². The summed E-state index contributed by atoms with van der Waals surface area (Å²) < 4.78 is 0. The maximum Gasteiger partial charge on any atom is 0.336 e. The van der Waals surface area contributed by atoms with Crippen LogP contribution in [0.5, 0.6) is 0 Å². The van der Waals surface area contributed by atoms with Crippen LogP contribution in [0.3, 0.4) is 0 Å². The van der Waals surface area contributed by atoms with Crippen molar-refractivity contribution in [1.29, 1.82) is 0 Å². The lowest BCUT2D eigenvalue weighted by Crippen LogP contribution is -2.57. The molecule has 6 nitrogen and oxygen atoms in total. The molecule has 1 saturated carbocycles. The van der Waals surface area contributed by atoms with Crippen LogP contribution in [0.15, 0.2) is 54.6 Å². The molecule has 1 aliphatic carbocycles. The van der Waals surface area contributed by atoms with E-state index >= 15 is 0 Å². The highest BCUT2D eigenvalue weighted by Gasteiger charge is 2.47. The molecule has 1 aliphatic heterocycles. The standard InChI is InChI=1S/C27H29N3O3/c1-17-8-9-18(30-15-19(16-30)29(2)3)14-23(17)25(31)28-27(12-13-27)24-11-10-22(26(32)33)20-6-4-5-7-21(20)24/h4-11,14,19H,12-13,15-16H2,1-3H3,(H,28,31)(H,32,33). The lowest BCUT2D eigenvalue weighted by molar-refractivity contribution is 0.0698. The molecule has 2 fully saturated rings. The summed E-state index contributed by atoms with van der Waals surface area (Å²) in [4.78, 5) is 29.6. The van der Waals surface area contributed by atoms with E-state index in [-0.39, 0.29) is 11.5 Å². The van der Waals surface area contributed by atoms with Gasteiger partial charge in [-0.25, -0.2) is 4.79 Å². The molecule has 3 aromatic carbocycles. The first-order valence-corrected chi connectivity index (χ1v) is 11.4. The number of nitrogens with zero attached hydrogens (tertiary/aromatic N) is 2. The Morgan fingerprint density at radius 1 is 1.00 bits per heavy atom. The third-order valence-electron chi connectivity index (χ3n) is 7.20. The van der Waals surface area contributed by atoms with Crippen LogP contribution in [0.4, 0.5) is 5.69 Å². The van der Waals surface area contributed by atoms with Crippen LogP contribution in [0.2, 0.25) is 0 Å². The third-order valence-corrected chi connectivity index (χ3v) is 7.20.